The highest BCUT2D eigenvalue weighted by Gasteiger charge is 2.39. The summed E-state index contributed by atoms with van der Waals surface area (Å²) in [5.74, 6) is 2.19. The number of rotatable bonds is 7. The molecule has 2 unspecified atom stereocenters. The molecular weight excluding hydrogens is 471 g/mol. The summed E-state index contributed by atoms with van der Waals surface area (Å²) < 4.78 is 13.3. The molecule has 2 atom stereocenters. The highest BCUT2D eigenvalue weighted by molar-refractivity contribution is 7.68. The van der Waals surface area contributed by atoms with Crippen LogP contribution < -0.4 is 14.8 Å². The topological polar surface area (TPSA) is 18.5 Å². The predicted molar refractivity (Wildman–Crippen MR) is 164 cm³/mol. The maximum absolute atomic E-state index is 6.80. The van der Waals surface area contributed by atoms with Crippen LogP contribution in [0.5, 0.6) is 11.5 Å². The van der Waals surface area contributed by atoms with E-state index < -0.39 is 7.92 Å². The first-order chi connectivity index (χ1) is 17.1. The van der Waals surface area contributed by atoms with E-state index in [1.54, 1.807) is 0 Å². The molecule has 0 bridgehead atoms. The molecule has 0 heterocycles. The number of hydrogen-bond donors (Lipinski definition) is 0. The van der Waals surface area contributed by atoms with Crippen molar-refractivity contribution in [2.24, 2.45) is 5.92 Å². The first-order valence-corrected chi connectivity index (χ1v) is 15.2. The lowest BCUT2D eigenvalue weighted by molar-refractivity contribution is 0.226. The van der Waals surface area contributed by atoms with E-state index in [4.69, 9.17) is 9.47 Å². The van der Waals surface area contributed by atoms with Gasteiger partial charge in [0.15, 0.2) is 0 Å². The van der Waals surface area contributed by atoms with Crippen LogP contribution in [0.15, 0.2) is 60.7 Å². The third-order valence-corrected chi connectivity index (χ3v) is 10.6. The van der Waals surface area contributed by atoms with Crippen LogP contribution in [0, 0.1) is 5.92 Å². The number of benzene rings is 2. The third kappa shape index (κ3) is 6.34. The smallest absolute Gasteiger partial charge is 0.135 e. The zero-order valence-corrected chi connectivity index (χ0v) is 26.2. The second kappa shape index (κ2) is 11.0. The Balaban J connectivity index is 2.46. The summed E-state index contributed by atoms with van der Waals surface area (Å²) in [6.45, 7) is 27.4. The molecule has 0 aliphatic heterocycles. The van der Waals surface area contributed by atoms with Crippen molar-refractivity contribution in [1.82, 2.24) is 0 Å². The number of ether oxygens (including phenoxy) is 2. The normalized spacial score (nSPS) is 20.2. The number of allylic oxidation sites excluding steroid dienone is 4. The van der Waals surface area contributed by atoms with Crippen molar-refractivity contribution in [3.05, 3.63) is 66.3 Å². The Morgan fingerprint density at radius 1 is 0.811 bits per heavy atom. The average molecular weight is 521 g/mol. The molecule has 1 aliphatic rings. The molecule has 3 heteroatoms. The van der Waals surface area contributed by atoms with Crippen LogP contribution >= 0.6 is 7.92 Å². The van der Waals surface area contributed by atoms with Crippen LogP contribution in [-0.2, 0) is 5.41 Å². The van der Waals surface area contributed by atoms with Gasteiger partial charge in [0.1, 0.15) is 11.5 Å². The maximum Gasteiger partial charge on any atom is 0.135 e. The average Bonchev–Trinajstić information content (AvgIpc) is 2.74. The van der Waals surface area contributed by atoms with Crippen LogP contribution in [0.25, 0.3) is 11.1 Å². The lowest BCUT2D eigenvalue weighted by Crippen LogP contribution is -2.32. The predicted octanol–water partition coefficient (Wildman–Crippen LogP) is 9.65. The van der Waals surface area contributed by atoms with Gasteiger partial charge in [0, 0.05) is 11.0 Å². The molecule has 0 N–H and O–H groups in total. The lowest BCUT2D eigenvalue weighted by atomic mass is 9.69. The SMILES string of the molecule is CC(C)Oc1ccc(C2(C)C=CC=CC2C)c(OC(C)C)c1-c1ccccc1P(C(C)(C)C)C(C)(C)C. The maximum atomic E-state index is 6.80. The fourth-order valence-electron chi connectivity index (χ4n) is 5.74. The Kier molecular flexibility index (Phi) is 8.75. The molecular formula is C34H49O2P. The van der Waals surface area contributed by atoms with Gasteiger partial charge in [-0.2, -0.15) is 0 Å². The second-order valence-electron chi connectivity index (χ2n) is 13.2. The quantitative estimate of drug-likeness (QED) is 0.338. The van der Waals surface area contributed by atoms with Crippen molar-refractivity contribution in [1.29, 1.82) is 0 Å². The molecule has 0 aromatic heterocycles. The second-order valence-corrected chi connectivity index (χ2v) is 17.0. The van der Waals surface area contributed by atoms with Gasteiger partial charge in [-0.1, -0.05) is 118 Å². The molecule has 0 fully saturated rings. The van der Waals surface area contributed by atoms with E-state index in [0.717, 1.165) is 17.1 Å². The standard InChI is InChI=1S/C34H49O2P/c1-23(2)35-28-21-20-27(34(12)22-16-15-17-25(34)5)31(36-24(3)4)30(28)26-18-13-14-19-29(26)37(32(6,7)8)33(9,10)11/h13-25H,1-12H3. The van der Waals surface area contributed by atoms with Crippen LogP contribution in [0.4, 0.5) is 0 Å². The minimum absolute atomic E-state index is 0.0349. The summed E-state index contributed by atoms with van der Waals surface area (Å²) in [6.07, 6.45) is 9.04. The van der Waals surface area contributed by atoms with Crippen molar-refractivity contribution in [3.8, 4) is 22.6 Å². The minimum atomic E-state index is -0.530. The van der Waals surface area contributed by atoms with Gasteiger partial charge >= 0.3 is 0 Å². The largest absolute Gasteiger partial charge is 0.490 e. The fraction of sp³-hybridized carbons (Fsp3) is 0.529. The molecule has 2 aromatic carbocycles. The van der Waals surface area contributed by atoms with Gasteiger partial charge in [-0.25, -0.2) is 0 Å². The zero-order chi connectivity index (χ0) is 27.8. The van der Waals surface area contributed by atoms with Crippen molar-refractivity contribution in [2.75, 3.05) is 0 Å². The van der Waals surface area contributed by atoms with Crippen LogP contribution in [0.2, 0.25) is 0 Å². The van der Waals surface area contributed by atoms with E-state index in [0.29, 0.717) is 5.92 Å². The molecule has 3 rings (SSSR count). The van der Waals surface area contributed by atoms with Gasteiger partial charge in [-0.05, 0) is 60.9 Å². The lowest BCUT2D eigenvalue weighted by Gasteiger charge is -2.43. The van der Waals surface area contributed by atoms with E-state index in [2.05, 4.69) is 144 Å². The van der Waals surface area contributed by atoms with Gasteiger partial charge in [0.05, 0.1) is 17.8 Å². The Morgan fingerprint density at radius 2 is 1.41 bits per heavy atom. The minimum Gasteiger partial charge on any atom is -0.490 e. The summed E-state index contributed by atoms with van der Waals surface area (Å²) in [4.78, 5) is 0. The molecule has 0 radical (unpaired) electrons. The number of hydrogen-bond acceptors (Lipinski definition) is 2. The summed E-state index contributed by atoms with van der Waals surface area (Å²) in [5, 5.41) is 1.68. The first kappa shape index (κ1) is 29.5. The summed E-state index contributed by atoms with van der Waals surface area (Å²) in [7, 11) is -0.530. The highest BCUT2D eigenvalue weighted by Crippen LogP contribution is 2.60. The van der Waals surface area contributed by atoms with Gasteiger partial charge in [-0.15, -0.1) is 0 Å². The Hall–Kier alpha value is -2.05. The summed E-state index contributed by atoms with van der Waals surface area (Å²) in [5.41, 5.74) is 3.36. The monoisotopic (exact) mass is 520 g/mol. The Labute approximate surface area is 228 Å². The highest BCUT2D eigenvalue weighted by atomic mass is 31.1. The first-order valence-electron chi connectivity index (χ1n) is 13.8. The molecule has 0 amide bonds. The molecule has 37 heavy (non-hydrogen) atoms. The van der Waals surface area contributed by atoms with Gasteiger partial charge < -0.3 is 9.47 Å². The zero-order valence-electron chi connectivity index (χ0n) is 25.3. The van der Waals surface area contributed by atoms with Crippen LogP contribution in [0.1, 0.15) is 88.6 Å². The van der Waals surface area contributed by atoms with Crippen molar-refractivity contribution in [3.63, 3.8) is 0 Å². The molecule has 202 valence electrons. The van der Waals surface area contributed by atoms with Crippen molar-refractivity contribution in [2.45, 2.75) is 111 Å². The van der Waals surface area contributed by atoms with E-state index >= 15 is 0 Å². The Morgan fingerprint density at radius 3 is 1.95 bits per heavy atom. The molecule has 2 nitrogen and oxygen atoms in total. The molecule has 1 aliphatic carbocycles. The van der Waals surface area contributed by atoms with Crippen molar-refractivity contribution < 1.29 is 9.47 Å². The van der Waals surface area contributed by atoms with E-state index in [1.807, 2.05) is 0 Å². The van der Waals surface area contributed by atoms with Crippen LogP contribution in [0.3, 0.4) is 0 Å². The van der Waals surface area contributed by atoms with E-state index in [9.17, 15) is 0 Å². The van der Waals surface area contributed by atoms with Gasteiger partial charge in [0.25, 0.3) is 0 Å². The Bertz CT molecular complexity index is 1130. The summed E-state index contributed by atoms with van der Waals surface area (Å²) in [6, 6.07) is 13.4. The fourth-order valence-corrected chi connectivity index (χ4v) is 9.86. The van der Waals surface area contributed by atoms with Gasteiger partial charge in [-0.3, -0.25) is 0 Å². The van der Waals surface area contributed by atoms with Crippen LogP contribution in [-0.4, -0.2) is 22.5 Å². The van der Waals surface area contributed by atoms with E-state index in [1.165, 1.54) is 16.4 Å². The molecule has 0 saturated carbocycles. The van der Waals surface area contributed by atoms with E-state index in [-0.39, 0.29) is 27.9 Å². The van der Waals surface area contributed by atoms with Crippen molar-refractivity contribution >= 4 is 13.2 Å². The molecule has 2 aromatic rings. The third-order valence-electron chi connectivity index (χ3n) is 7.07. The van der Waals surface area contributed by atoms with Gasteiger partial charge in [0.2, 0.25) is 0 Å². The summed E-state index contributed by atoms with van der Waals surface area (Å²) >= 11 is 0. The molecule has 0 saturated heterocycles. The molecule has 0 spiro atoms.